The highest BCUT2D eigenvalue weighted by atomic mass is 14.9. The van der Waals surface area contributed by atoms with Crippen molar-refractivity contribution in [3.63, 3.8) is 0 Å². The van der Waals surface area contributed by atoms with Gasteiger partial charge in [0.1, 0.15) is 35.2 Å². The van der Waals surface area contributed by atoms with Gasteiger partial charge in [-0.2, -0.15) is 0 Å². The van der Waals surface area contributed by atoms with Crippen molar-refractivity contribution >= 4 is 0 Å². The summed E-state index contributed by atoms with van der Waals surface area (Å²) in [7, 11) is 9.96. The largest absolute Gasteiger partial charge is 0.212 e. The number of rotatable bonds is 9. The molecule has 89 heavy (non-hydrogen) atoms. The minimum absolute atomic E-state index is 0.0399. The molecule has 10 aromatic rings. The standard InChI is InChI=1S/C19H26N.C18H24N.2C16H20N.C15H18N/c1-13(2)16-7-9-18(15(5)11-16)19-10-8-17(14(3)4)12-20(19)6;1-12(2)16-7-8-17(14(4)9-16)18-10-13(3)15(5)11-19(18)6;1-11-6-7-15(13(3)8-11)16-9-12(2)14(4)10-17(16)5;1-5-14-7-8-15(13(3)10-14)16-9-6-12(2)11-17(16)4;1-11-5-7-14(13(3)9-11)15-8-6-12(2)10-16(15)4/h7-14H,1-6H3;7-12H,1-6H3;6-10H,1-5H3;6-11H,5H2,1-4H3;5-10H,1-4H3/q5*+1/i;;;2*1D3,2D3. The van der Waals surface area contributed by atoms with Crippen LogP contribution < -0.4 is 22.8 Å². The Labute approximate surface area is 556 Å². The third-order valence-electron chi connectivity index (χ3n) is 16.9. The zero-order chi connectivity index (χ0) is 75.7. The monoisotopic (exact) mass is 1200 g/mol. The van der Waals surface area contributed by atoms with E-state index in [1.54, 1.807) is 78.1 Å². The zero-order valence-corrected chi connectivity index (χ0v) is 57.3. The topological polar surface area (TPSA) is 19.4 Å². The van der Waals surface area contributed by atoms with Crippen molar-refractivity contribution in [3.8, 4) is 56.3 Å². The van der Waals surface area contributed by atoms with Gasteiger partial charge in [-0.25, -0.2) is 22.8 Å². The van der Waals surface area contributed by atoms with Gasteiger partial charge in [-0.3, -0.25) is 0 Å². The number of benzene rings is 5. The van der Waals surface area contributed by atoms with E-state index >= 15 is 0 Å². The summed E-state index contributed by atoms with van der Waals surface area (Å²) in [6, 6.07) is 46.6. The second-order valence-corrected chi connectivity index (χ2v) is 25.3. The summed E-state index contributed by atoms with van der Waals surface area (Å²) >= 11 is 0. The molecule has 0 saturated carbocycles. The van der Waals surface area contributed by atoms with Gasteiger partial charge in [0.05, 0.1) is 0 Å². The van der Waals surface area contributed by atoms with Crippen LogP contribution in [0, 0.1) is 89.8 Å². The quantitative estimate of drug-likeness (QED) is 0.128. The van der Waals surface area contributed by atoms with E-state index in [1.165, 1.54) is 95.0 Å². The molecule has 464 valence electrons. The fourth-order valence-corrected chi connectivity index (χ4v) is 11.2. The van der Waals surface area contributed by atoms with Gasteiger partial charge in [0.2, 0.25) is 28.5 Å². The molecule has 0 fully saturated rings. The molecule has 5 heterocycles. The van der Waals surface area contributed by atoms with Crippen LogP contribution in [0.5, 0.6) is 0 Å². The maximum atomic E-state index is 7.47. The van der Waals surface area contributed by atoms with Crippen LogP contribution in [0.4, 0.5) is 0 Å². The predicted octanol–water partition coefficient (Wildman–Crippen LogP) is 18.8. The minimum Gasteiger partial charge on any atom is -0.201 e. The molecule has 0 aliphatic heterocycles. The van der Waals surface area contributed by atoms with Crippen molar-refractivity contribution in [2.45, 2.75) is 162 Å². The molecular weight excluding hydrogens is 1080 g/mol. The van der Waals surface area contributed by atoms with Crippen molar-refractivity contribution in [2.24, 2.45) is 35.2 Å². The number of aryl methyl sites for hydroxylation is 19. The molecule has 0 radical (unpaired) electrons. The Morgan fingerprint density at radius 1 is 0.281 bits per heavy atom. The van der Waals surface area contributed by atoms with E-state index in [1.807, 2.05) is 32.0 Å². The molecule has 0 unspecified atom stereocenters. The Bertz CT molecular complexity index is 4430. The van der Waals surface area contributed by atoms with Crippen LogP contribution in [0.2, 0.25) is 0 Å². The third kappa shape index (κ3) is 18.5. The minimum atomic E-state index is -2.14. The number of pyridine rings is 5. The lowest BCUT2D eigenvalue weighted by atomic mass is 9.95. The van der Waals surface area contributed by atoms with Gasteiger partial charge >= 0.3 is 0 Å². The molecule has 0 saturated heterocycles. The van der Waals surface area contributed by atoms with Crippen LogP contribution in [0.3, 0.4) is 0 Å². The van der Waals surface area contributed by atoms with Crippen LogP contribution in [0.15, 0.2) is 171 Å². The molecule has 0 N–H and O–H groups in total. The Kier molecular flexibility index (Phi) is 19.0. The summed E-state index contributed by atoms with van der Waals surface area (Å²) in [5.41, 5.74) is 29.7. The Morgan fingerprint density at radius 2 is 0.607 bits per heavy atom. The molecule has 0 amide bonds. The maximum Gasteiger partial charge on any atom is 0.212 e. The first kappa shape index (κ1) is 53.8. The molecule has 0 spiro atoms. The van der Waals surface area contributed by atoms with E-state index in [9.17, 15) is 0 Å². The summed E-state index contributed by atoms with van der Waals surface area (Å²) in [6.07, 6.45) is 9.88. The van der Waals surface area contributed by atoms with E-state index in [2.05, 4.69) is 229 Å². The SMILES string of the molecule is Cc1cc(-c2ccc(C(C)C)cc2C)[n+](C)cc1C.Cc1cc(C(C)C)ccc1-c1ccc(C(C)C)c[n+]1C.Cc1ccc(-c2cc(C)c(C)c[n+]2C)c(C)c1.[2H]C([2H])([2H])Cc1ccc(-c2ccc(C([2H])([2H])[2H])c[n+]2C)c(C)c1.[2H]C([2H])([2H])c1ccc(-c2ccc(C([2H])([2H])[2H])c[n+]2C)c(C)c1. The highest BCUT2D eigenvalue weighted by Crippen LogP contribution is 2.29. The number of aromatic nitrogens is 5. The van der Waals surface area contributed by atoms with E-state index < -0.39 is 27.4 Å². The van der Waals surface area contributed by atoms with Crippen LogP contribution >= 0.6 is 0 Å². The van der Waals surface area contributed by atoms with Gasteiger partial charge in [0.25, 0.3) is 0 Å². The van der Waals surface area contributed by atoms with Crippen LogP contribution in [-0.4, -0.2) is 0 Å². The van der Waals surface area contributed by atoms with Crippen molar-refractivity contribution in [1.82, 2.24) is 0 Å². The van der Waals surface area contributed by atoms with Crippen molar-refractivity contribution in [3.05, 3.63) is 265 Å². The van der Waals surface area contributed by atoms with Gasteiger partial charge in [0, 0.05) is 102 Å². The molecule has 10 rings (SSSR count). The van der Waals surface area contributed by atoms with Gasteiger partial charge < -0.3 is 0 Å². The first-order chi connectivity index (χ1) is 46.7. The molecule has 0 aliphatic carbocycles. The summed E-state index contributed by atoms with van der Waals surface area (Å²) < 4.78 is 99.3. The number of nitrogens with zero attached hydrogens (tertiary/aromatic N) is 5. The smallest absolute Gasteiger partial charge is 0.201 e. The number of hydrogen-bond donors (Lipinski definition) is 0. The molecule has 5 aromatic heterocycles. The van der Waals surface area contributed by atoms with E-state index in [0.29, 0.717) is 28.9 Å². The molecule has 5 nitrogen and oxygen atoms in total. The molecular formula is C84H108N5+5. The van der Waals surface area contributed by atoms with Gasteiger partial charge in [-0.15, -0.1) is 0 Å². The van der Waals surface area contributed by atoms with Crippen molar-refractivity contribution in [2.75, 3.05) is 0 Å². The number of hydrogen-bond acceptors (Lipinski definition) is 0. The first-order valence-electron chi connectivity index (χ1n) is 37.2. The second kappa shape index (κ2) is 31.3. The molecule has 5 aromatic carbocycles. The normalized spacial score (nSPS) is 13.4. The Balaban J connectivity index is 0.000000199. The summed E-state index contributed by atoms with van der Waals surface area (Å²) in [5.74, 6) is 1.74. The fourth-order valence-electron chi connectivity index (χ4n) is 11.2. The lowest BCUT2D eigenvalue weighted by molar-refractivity contribution is -0.661. The van der Waals surface area contributed by atoms with E-state index in [4.69, 9.17) is 16.4 Å². The Hall–Kier alpha value is -8.15. The van der Waals surface area contributed by atoms with Crippen LogP contribution in [0.1, 0.15) is 177 Å². The van der Waals surface area contributed by atoms with Crippen molar-refractivity contribution in [1.29, 1.82) is 0 Å². The lowest BCUT2D eigenvalue weighted by Crippen LogP contribution is -2.31. The summed E-state index contributed by atoms with van der Waals surface area (Å²) in [6.45, 7) is 26.2. The van der Waals surface area contributed by atoms with E-state index in [0.717, 1.165) is 39.2 Å². The van der Waals surface area contributed by atoms with Gasteiger partial charge in [0.15, 0.2) is 31.0 Å². The van der Waals surface area contributed by atoms with Crippen molar-refractivity contribution < 1.29 is 39.3 Å². The maximum absolute atomic E-state index is 7.47. The Morgan fingerprint density at radius 3 is 0.978 bits per heavy atom. The van der Waals surface area contributed by atoms with Crippen LogP contribution in [0.25, 0.3) is 56.3 Å². The molecule has 0 aliphatic rings. The zero-order valence-electron chi connectivity index (χ0n) is 69.3. The highest BCUT2D eigenvalue weighted by Gasteiger charge is 2.19. The summed E-state index contributed by atoms with van der Waals surface area (Å²) in [5, 5.41) is 0. The first-order valence-corrected chi connectivity index (χ1v) is 31.2. The third-order valence-corrected chi connectivity index (χ3v) is 16.9. The van der Waals surface area contributed by atoms with Gasteiger partial charge in [-0.05, 0) is 218 Å². The average Bonchev–Trinajstić information content (AvgIpc) is 0.830. The molecule has 5 heteroatoms. The van der Waals surface area contributed by atoms with Crippen LogP contribution in [-0.2, 0) is 41.7 Å². The molecule has 0 bridgehead atoms. The highest BCUT2D eigenvalue weighted by molar-refractivity contribution is 5.66. The predicted molar refractivity (Wildman–Crippen MR) is 378 cm³/mol. The summed E-state index contributed by atoms with van der Waals surface area (Å²) in [4.78, 5) is 0. The second-order valence-electron chi connectivity index (χ2n) is 25.3. The molecule has 0 atom stereocenters. The fraction of sp³-hybridized carbons (Fsp3) is 0.345. The lowest BCUT2D eigenvalue weighted by Gasteiger charge is -2.11. The van der Waals surface area contributed by atoms with E-state index in [-0.39, 0.29) is 12.0 Å². The average molecular weight is 1200 g/mol. The van der Waals surface area contributed by atoms with Gasteiger partial charge in [-0.1, -0.05) is 120 Å².